The van der Waals surface area contributed by atoms with E-state index in [1.165, 1.54) is 26.4 Å². The summed E-state index contributed by atoms with van der Waals surface area (Å²) < 4.78 is 65.4. The maximum atomic E-state index is 13.9. The highest BCUT2D eigenvalue weighted by Gasteiger charge is 2.21. The van der Waals surface area contributed by atoms with E-state index in [1.54, 1.807) is 66.7 Å². The van der Waals surface area contributed by atoms with Crippen molar-refractivity contribution in [1.82, 2.24) is 5.32 Å². The van der Waals surface area contributed by atoms with Crippen molar-refractivity contribution in [2.75, 3.05) is 30.6 Å². The molecule has 232 valence electrons. The van der Waals surface area contributed by atoms with Crippen molar-refractivity contribution >= 4 is 46.9 Å². The number of anilines is 2. The van der Waals surface area contributed by atoms with Crippen LogP contribution in [0, 0.1) is 23.3 Å². The first-order valence-electron chi connectivity index (χ1n) is 13.1. The zero-order chi connectivity index (χ0) is 32.5. The fourth-order valence-corrected chi connectivity index (χ4v) is 4.66. The molecule has 13 heteroatoms. The molecule has 45 heavy (non-hydrogen) atoms. The lowest BCUT2D eigenvalue weighted by Crippen LogP contribution is -2.30. The molecule has 8 nitrogen and oxygen atoms in total. The van der Waals surface area contributed by atoms with Gasteiger partial charge in [-0.2, -0.15) is 0 Å². The van der Waals surface area contributed by atoms with Crippen molar-refractivity contribution in [3.8, 4) is 11.5 Å². The van der Waals surface area contributed by atoms with Crippen LogP contribution in [0.5, 0.6) is 11.5 Å². The maximum absolute atomic E-state index is 13.9. The predicted molar refractivity (Wildman–Crippen MR) is 162 cm³/mol. The van der Waals surface area contributed by atoms with Gasteiger partial charge in [-0.05, 0) is 48.5 Å². The predicted octanol–water partition coefficient (Wildman–Crippen LogP) is 6.40. The second kappa shape index (κ2) is 14.9. The zero-order valence-corrected chi connectivity index (χ0v) is 24.6. The molecule has 4 rings (SSSR count). The van der Waals surface area contributed by atoms with Gasteiger partial charge in [0.05, 0.1) is 20.0 Å². The van der Waals surface area contributed by atoms with Crippen molar-refractivity contribution in [2.24, 2.45) is 0 Å². The minimum absolute atomic E-state index is 0.0378. The first-order chi connectivity index (χ1) is 21.6. The number of hydrogen-bond donors (Lipinski definition) is 3. The molecule has 4 aromatic carbocycles. The number of halogens is 4. The molecule has 0 aromatic heterocycles. The monoisotopic (exact) mass is 639 g/mol. The van der Waals surface area contributed by atoms with Crippen LogP contribution in [0.25, 0.3) is 6.08 Å². The molecule has 0 heterocycles. The molecular formula is C32H25F4N3O5S. The summed E-state index contributed by atoms with van der Waals surface area (Å²) in [4.78, 5) is 39.2. The van der Waals surface area contributed by atoms with Crippen LogP contribution in [0.4, 0.5) is 28.9 Å². The third-order valence-electron chi connectivity index (χ3n) is 6.11. The highest BCUT2D eigenvalue weighted by Crippen LogP contribution is 2.28. The Morgan fingerprint density at radius 2 is 1.51 bits per heavy atom. The van der Waals surface area contributed by atoms with E-state index in [9.17, 15) is 31.9 Å². The number of thioether (sulfide) groups is 1. The Morgan fingerprint density at radius 3 is 2.18 bits per heavy atom. The van der Waals surface area contributed by atoms with E-state index in [4.69, 9.17) is 9.47 Å². The second-order valence-corrected chi connectivity index (χ2v) is 10.2. The van der Waals surface area contributed by atoms with Gasteiger partial charge in [0.15, 0.2) is 23.3 Å². The summed E-state index contributed by atoms with van der Waals surface area (Å²) in [7, 11) is 2.94. The quantitative estimate of drug-likeness (QED) is 0.0760. The number of methoxy groups -OCH3 is 2. The molecule has 0 radical (unpaired) electrons. The number of carbonyl (C=O) groups is 3. The van der Waals surface area contributed by atoms with Crippen LogP contribution in [0.15, 0.2) is 89.5 Å². The Balaban J connectivity index is 1.51. The molecule has 4 aromatic rings. The maximum Gasteiger partial charge on any atom is 0.272 e. The SMILES string of the molecule is COc1ccc(/C=C(/NC(=O)c2ccccc2)C(=O)Nc2cccc(SCC(=O)Nc3c(F)c(F)cc(F)c3F)c2)c(OC)c1. The van der Waals surface area contributed by atoms with Gasteiger partial charge < -0.3 is 25.4 Å². The summed E-state index contributed by atoms with van der Waals surface area (Å²) >= 11 is 0.928. The summed E-state index contributed by atoms with van der Waals surface area (Å²) in [6, 6.07) is 19.5. The number of amides is 3. The van der Waals surface area contributed by atoms with Gasteiger partial charge in [-0.3, -0.25) is 14.4 Å². The lowest BCUT2D eigenvalue weighted by molar-refractivity contribution is -0.114. The number of ether oxygens (including phenoxy) is 2. The second-order valence-electron chi connectivity index (χ2n) is 9.15. The molecule has 0 spiro atoms. The summed E-state index contributed by atoms with van der Waals surface area (Å²) in [5.41, 5.74) is -0.273. The van der Waals surface area contributed by atoms with Crippen molar-refractivity contribution < 1.29 is 41.4 Å². The first-order valence-corrected chi connectivity index (χ1v) is 14.0. The normalized spacial score (nSPS) is 11.0. The van der Waals surface area contributed by atoms with Crippen LogP contribution in [-0.4, -0.2) is 37.7 Å². The smallest absolute Gasteiger partial charge is 0.272 e. The van der Waals surface area contributed by atoms with Gasteiger partial charge >= 0.3 is 0 Å². The molecule has 0 saturated heterocycles. The molecule has 0 unspecified atom stereocenters. The minimum Gasteiger partial charge on any atom is -0.497 e. The van der Waals surface area contributed by atoms with Gasteiger partial charge in [0, 0.05) is 33.8 Å². The molecule has 0 bridgehead atoms. The number of benzene rings is 4. The summed E-state index contributed by atoms with van der Waals surface area (Å²) in [5.74, 6) is -8.40. The average Bonchev–Trinajstić information content (AvgIpc) is 3.05. The third-order valence-corrected chi connectivity index (χ3v) is 7.10. The van der Waals surface area contributed by atoms with Crippen molar-refractivity contribution in [2.45, 2.75) is 4.90 Å². The van der Waals surface area contributed by atoms with Gasteiger partial charge in [-0.15, -0.1) is 11.8 Å². The molecule has 0 aliphatic carbocycles. The molecular weight excluding hydrogens is 614 g/mol. The Hall–Kier alpha value is -5.30. The summed E-state index contributed by atoms with van der Waals surface area (Å²) in [6.07, 6.45) is 1.44. The van der Waals surface area contributed by atoms with Crippen LogP contribution in [0.1, 0.15) is 15.9 Å². The molecule has 0 aliphatic rings. The first kappa shape index (κ1) is 32.6. The van der Waals surface area contributed by atoms with Gasteiger partial charge in [0.25, 0.3) is 11.8 Å². The number of hydrogen-bond acceptors (Lipinski definition) is 6. The summed E-state index contributed by atoms with van der Waals surface area (Å²) in [5, 5.41) is 7.16. The molecule has 3 N–H and O–H groups in total. The molecule has 0 fully saturated rings. The van der Waals surface area contributed by atoms with Gasteiger partial charge in [-0.25, -0.2) is 17.6 Å². The van der Waals surface area contributed by atoms with Gasteiger partial charge in [-0.1, -0.05) is 24.3 Å². The Kier molecular flexibility index (Phi) is 10.8. The van der Waals surface area contributed by atoms with Crippen molar-refractivity contribution in [1.29, 1.82) is 0 Å². The van der Waals surface area contributed by atoms with Crippen molar-refractivity contribution in [3.63, 3.8) is 0 Å². The van der Waals surface area contributed by atoms with E-state index >= 15 is 0 Å². The molecule has 3 amide bonds. The highest BCUT2D eigenvalue weighted by atomic mass is 32.2. The van der Waals surface area contributed by atoms with E-state index in [2.05, 4.69) is 10.6 Å². The lowest BCUT2D eigenvalue weighted by atomic mass is 10.1. The van der Waals surface area contributed by atoms with E-state index in [1.807, 2.05) is 5.32 Å². The highest BCUT2D eigenvalue weighted by molar-refractivity contribution is 8.00. The van der Waals surface area contributed by atoms with E-state index in [0.29, 0.717) is 27.5 Å². The molecule has 0 saturated carbocycles. The number of carbonyl (C=O) groups excluding carboxylic acids is 3. The molecule has 0 atom stereocenters. The van der Waals surface area contributed by atoms with Gasteiger partial charge in [0.1, 0.15) is 22.9 Å². The van der Waals surface area contributed by atoms with Crippen molar-refractivity contribution in [3.05, 3.63) is 119 Å². The average molecular weight is 640 g/mol. The largest absolute Gasteiger partial charge is 0.497 e. The fourth-order valence-electron chi connectivity index (χ4n) is 3.90. The Bertz CT molecular complexity index is 1740. The standard InChI is InChI=1S/C32H25F4N3O5S/c1-43-21-12-11-19(26(15-21)44-2)13-25(38-31(41)18-7-4-3-5-8-18)32(42)37-20-9-6-10-22(14-20)45-17-27(40)39-30-28(35)23(33)16-24(34)29(30)36/h3-16H,17H2,1-2H3,(H,37,42)(H,38,41)(H,39,40)/b25-13+. The fraction of sp³-hybridized carbons (Fsp3) is 0.0938. The minimum atomic E-state index is -1.73. The zero-order valence-electron chi connectivity index (χ0n) is 23.8. The van der Waals surface area contributed by atoms with Crippen LogP contribution in [0.3, 0.4) is 0 Å². The third kappa shape index (κ3) is 8.42. The van der Waals surface area contributed by atoms with E-state index in [-0.39, 0.29) is 23.2 Å². The Morgan fingerprint density at radius 1 is 0.800 bits per heavy atom. The van der Waals surface area contributed by atoms with Crippen LogP contribution < -0.4 is 25.4 Å². The van der Waals surface area contributed by atoms with Crippen LogP contribution in [0.2, 0.25) is 0 Å². The van der Waals surface area contributed by atoms with Gasteiger partial charge in [0.2, 0.25) is 5.91 Å². The topological polar surface area (TPSA) is 106 Å². The number of rotatable bonds is 11. The molecule has 0 aliphatic heterocycles. The Labute approximate surface area is 259 Å². The van der Waals surface area contributed by atoms with Crippen LogP contribution in [-0.2, 0) is 9.59 Å². The van der Waals surface area contributed by atoms with E-state index < -0.39 is 46.7 Å². The summed E-state index contributed by atoms with van der Waals surface area (Å²) in [6.45, 7) is 0. The number of nitrogens with one attached hydrogen (secondary N) is 3. The van der Waals surface area contributed by atoms with E-state index in [0.717, 1.165) is 11.8 Å². The lowest BCUT2D eigenvalue weighted by Gasteiger charge is -2.13. The van der Waals surface area contributed by atoms with Crippen LogP contribution >= 0.6 is 11.8 Å².